The lowest BCUT2D eigenvalue weighted by molar-refractivity contribution is -0.384. The molecule has 1 N–H and O–H groups in total. The van der Waals surface area contributed by atoms with Gasteiger partial charge in [-0.1, -0.05) is 6.07 Å². The second kappa shape index (κ2) is 5.30. The van der Waals surface area contributed by atoms with Gasteiger partial charge >= 0.3 is 0 Å². The zero-order valence-electron chi connectivity index (χ0n) is 11.1. The first-order chi connectivity index (χ1) is 9.63. The highest BCUT2D eigenvalue weighted by Gasteiger charge is 2.20. The first kappa shape index (κ1) is 13.2. The number of hydrogen-bond acceptors (Lipinski definition) is 5. The Kier molecular flexibility index (Phi) is 3.50. The Hall–Kier alpha value is -1.79. The third-order valence-electron chi connectivity index (χ3n) is 3.36. The minimum absolute atomic E-state index is 0.110. The van der Waals surface area contributed by atoms with Gasteiger partial charge in [-0.25, -0.2) is 4.98 Å². The third-order valence-corrected chi connectivity index (χ3v) is 4.39. The van der Waals surface area contributed by atoms with Crippen LogP contribution < -0.4 is 5.32 Å². The van der Waals surface area contributed by atoms with Gasteiger partial charge in [0.15, 0.2) is 0 Å². The van der Waals surface area contributed by atoms with Crippen molar-refractivity contribution in [3.63, 3.8) is 0 Å². The van der Waals surface area contributed by atoms with Crippen molar-refractivity contribution in [2.45, 2.75) is 32.4 Å². The number of hydrogen-bond donors (Lipinski definition) is 1. The molecule has 1 heterocycles. The molecule has 1 aliphatic rings. The summed E-state index contributed by atoms with van der Waals surface area (Å²) in [5, 5.41) is 15.2. The zero-order chi connectivity index (χ0) is 14.1. The van der Waals surface area contributed by atoms with Crippen molar-refractivity contribution < 1.29 is 4.92 Å². The summed E-state index contributed by atoms with van der Waals surface area (Å²) in [5.74, 6) is 0. The summed E-state index contributed by atoms with van der Waals surface area (Å²) < 4.78 is 0. The third kappa shape index (κ3) is 2.86. The van der Waals surface area contributed by atoms with Gasteiger partial charge in [-0.2, -0.15) is 0 Å². The van der Waals surface area contributed by atoms with Gasteiger partial charge in [0.1, 0.15) is 5.01 Å². The van der Waals surface area contributed by atoms with Crippen molar-refractivity contribution >= 4 is 17.0 Å². The number of nitrogens with one attached hydrogen (secondary N) is 1. The Balaban J connectivity index is 1.83. The van der Waals surface area contributed by atoms with Crippen LogP contribution in [0.4, 0.5) is 5.69 Å². The summed E-state index contributed by atoms with van der Waals surface area (Å²) in [5.41, 5.74) is 1.96. The van der Waals surface area contributed by atoms with Gasteiger partial charge in [-0.15, -0.1) is 11.3 Å². The summed E-state index contributed by atoms with van der Waals surface area (Å²) in [6.07, 6.45) is 4.37. The van der Waals surface area contributed by atoms with E-state index in [1.807, 2.05) is 13.1 Å². The molecule has 20 heavy (non-hydrogen) atoms. The monoisotopic (exact) mass is 289 g/mol. The van der Waals surface area contributed by atoms with Crippen LogP contribution in [0.1, 0.15) is 23.3 Å². The molecule has 1 aromatic heterocycles. The normalized spacial score (nSPS) is 14.4. The molecule has 0 aliphatic heterocycles. The maximum absolute atomic E-state index is 10.9. The number of benzene rings is 1. The number of nitro benzene ring substituents is 1. The summed E-state index contributed by atoms with van der Waals surface area (Å²) >= 11 is 1.59. The van der Waals surface area contributed by atoms with Crippen LogP contribution in [0.2, 0.25) is 0 Å². The molecule has 6 heteroatoms. The fourth-order valence-electron chi connectivity index (χ4n) is 2.00. The van der Waals surface area contributed by atoms with E-state index in [0.717, 1.165) is 27.6 Å². The zero-order valence-corrected chi connectivity index (χ0v) is 11.9. The summed E-state index contributed by atoms with van der Waals surface area (Å²) in [6.45, 7) is 2.78. The Bertz CT molecular complexity index is 650. The summed E-state index contributed by atoms with van der Waals surface area (Å²) in [4.78, 5) is 16.1. The van der Waals surface area contributed by atoms with Crippen molar-refractivity contribution in [3.05, 3.63) is 45.0 Å². The van der Waals surface area contributed by atoms with Gasteiger partial charge in [0, 0.05) is 41.4 Å². The van der Waals surface area contributed by atoms with Crippen LogP contribution in [0.5, 0.6) is 0 Å². The van der Waals surface area contributed by atoms with Crippen LogP contribution in [-0.2, 0) is 6.54 Å². The van der Waals surface area contributed by atoms with E-state index in [1.54, 1.807) is 23.5 Å². The van der Waals surface area contributed by atoms with E-state index in [4.69, 9.17) is 0 Å². The molecule has 0 bridgehead atoms. The Morgan fingerprint density at radius 2 is 2.30 bits per heavy atom. The molecule has 0 spiro atoms. The molecule has 3 rings (SSSR count). The van der Waals surface area contributed by atoms with Gasteiger partial charge in [-0.05, 0) is 25.3 Å². The molecule has 0 radical (unpaired) electrons. The number of nitrogens with zero attached hydrogens (tertiary/aromatic N) is 2. The largest absolute Gasteiger partial charge is 0.309 e. The predicted octanol–water partition coefficient (Wildman–Crippen LogP) is 3.28. The quantitative estimate of drug-likeness (QED) is 0.677. The van der Waals surface area contributed by atoms with Gasteiger partial charge in [-0.3, -0.25) is 10.1 Å². The van der Waals surface area contributed by atoms with Gasteiger partial charge in [0.2, 0.25) is 0 Å². The minimum atomic E-state index is -0.369. The van der Waals surface area contributed by atoms with Crippen LogP contribution in [0, 0.1) is 17.0 Å². The standard InChI is InChI=1S/C14H15N3O2S/c1-9-2-5-11(17(18)19)6-13(9)14-16-8-12(20-14)7-15-10-3-4-10/h2,5-6,8,10,15H,3-4,7H2,1H3. The van der Waals surface area contributed by atoms with Crippen molar-refractivity contribution in [1.29, 1.82) is 0 Å². The van der Waals surface area contributed by atoms with Crippen molar-refractivity contribution in [2.24, 2.45) is 0 Å². The molecular formula is C14H15N3O2S. The lowest BCUT2D eigenvalue weighted by Gasteiger charge is -2.02. The summed E-state index contributed by atoms with van der Waals surface area (Å²) in [7, 11) is 0. The molecule has 0 saturated heterocycles. The smallest absolute Gasteiger partial charge is 0.270 e. The Morgan fingerprint density at radius 3 is 3.00 bits per heavy atom. The number of rotatable bonds is 5. The van der Waals surface area contributed by atoms with E-state index in [9.17, 15) is 10.1 Å². The van der Waals surface area contributed by atoms with E-state index in [2.05, 4.69) is 10.3 Å². The van der Waals surface area contributed by atoms with Crippen LogP contribution in [0.25, 0.3) is 10.6 Å². The summed E-state index contributed by atoms with van der Waals surface area (Å²) in [6, 6.07) is 5.57. The predicted molar refractivity (Wildman–Crippen MR) is 78.8 cm³/mol. The molecule has 0 amide bonds. The SMILES string of the molecule is Cc1ccc([N+](=O)[O-])cc1-c1ncc(CNC2CC2)s1. The van der Waals surface area contributed by atoms with Crippen molar-refractivity contribution in [3.8, 4) is 10.6 Å². The number of aryl methyl sites for hydroxylation is 1. The van der Waals surface area contributed by atoms with E-state index >= 15 is 0 Å². The van der Waals surface area contributed by atoms with E-state index < -0.39 is 0 Å². The van der Waals surface area contributed by atoms with Crippen LogP contribution in [0.3, 0.4) is 0 Å². The van der Waals surface area contributed by atoms with Crippen LogP contribution in [0.15, 0.2) is 24.4 Å². The fourth-order valence-corrected chi connectivity index (χ4v) is 2.94. The topological polar surface area (TPSA) is 68.1 Å². The minimum Gasteiger partial charge on any atom is -0.309 e. The number of nitro groups is 1. The van der Waals surface area contributed by atoms with E-state index in [1.165, 1.54) is 18.9 Å². The van der Waals surface area contributed by atoms with Crippen LogP contribution in [-0.4, -0.2) is 15.9 Å². The second-order valence-corrected chi connectivity index (χ2v) is 6.16. The number of non-ortho nitro benzene ring substituents is 1. The second-order valence-electron chi connectivity index (χ2n) is 5.04. The molecule has 0 unspecified atom stereocenters. The molecule has 104 valence electrons. The first-order valence-electron chi connectivity index (χ1n) is 6.57. The molecule has 1 saturated carbocycles. The number of aromatic nitrogens is 1. The Morgan fingerprint density at radius 1 is 1.50 bits per heavy atom. The highest BCUT2D eigenvalue weighted by atomic mass is 32.1. The maximum atomic E-state index is 10.9. The van der Waals surface area contributed by atoms with E-state index in [0.29, 0.717) is 6.04 Å². The highest BCUT2D eigenvalue weighted by Crippen LogP contribution is 2.31. The van der Waals surface area contributed by atoms with Gasteiger partial charge < -0.3 is 5.32 Å². The molecule has 1 aromatic carbocycles. The molecule has 5 nitrogen and oxygen atoms in total. The lowest BCUT2D eigenvalue weighted by Crippen LogP contribution is -2.14. The Labute approximate surface area is 120 Å². The molecule has 1 fully saturated rings. The molecule has 1 aliphatic carbocycles. The molecular weight excluding hydrogens is 274 g/mol. The first-order valence-corrected chi connectivity index (χ1v) is 7.38. The maximum Gasteiger partial charge on any atom is 0.270 e. The lowest BCUT2D eigenvalue weighted by atomic mass is 10.1. The molecule has 2 aromatic rings. The van der Waals surface area contributed by atoms with Crippen molar-refractivity contribution in [2.75, 3.05) is 0 Å². The molecule has 0 atom stereocenters. The van der Waals surface area contributed by atoms with Crippen molar-refractivity contribution in [1.82, 2.24) is 10.3 Å². The average molecular weight is 289 g/mol. The number of thiazole rings is 1. The van der Waals surface area contributed by atoms with Crippen LogP contribution >= 0.6 is 11.3 Å². The fraction of sp³-hybridized carbons (Fsp3) is 0.357. The van der Waals surface area contributed by atoms with Gasteiger partial charge in [0.25, 0.3) is 5.69 Å². The van der Waals surface area contributed by atoms with Gasteiger partial charge in [0.05, 0.1) is 4.92 Å². The van der Waals surface area contributed by atoms with E-state index in [-0.39, 0.29) is 10.6 Å². The highest BCUT2D eigenvalue weighted by molar-refractivity contribution is 7.15. The average Bonchev–Trinajstić information content (AvgIpc) is 3.14.